The number of furan rings is 1. The topological polar surface area (TPSA) is 53.1 Å². The van der Waals surface area contributed by atoms with Crippen molar-refractivity contribution in [2.75, 3.05) is 4.90 Å². The van der Waals surface area contributed by atoms with Crippen LogP contribution in [0.5, 0.6) is 0 Å². The third-order valence-electron chi connectivity index (χ3n) is 10.3. The number of nitrogens with one attached hydrogen (secondary N) is 1. The molecule has 1 unspecified atom stereocenters. The van der Waals surface area contributed by atoms with E-state index >= 15 is 0 Å². The van der Waals surface area contributed by atoms with Crippen molar-refractivity contribution >= 4 is 50.7 Å². The number of rotatable bonds is 8. The fraction of sp³-hybridized carbons (Fsp3) is 0.0196. The second kappa shape index (κ2) is 14.4. The Balaban J connectivity index is 1.11. The van der Waals surface area contributed by atoms with E-state index in [1.165, 1.54) is 11.1 Å². The van der Waals surface area contributed by atoms with Crippen LogP contribution < -0.4 is 10.2 Å². The van der Waals surface area contributed by atoms with E-state index in [-0.39, 0.29) is 6.17 Å². The van der Waals surface area contributed by atoms with E-state index in [9.17, 15) is 0 Å². The molecule has 266 valence electrons. The molecule has 5 nitrogen and oxygen atoms in total. The van der Waals surface area contributed by atoms with Gasteiger partial charge in [-0.3, -0.25) is 0 Å². The van der Waals surface area contributed by atoms with Crippen LogP contribution in [0.3, 0.4) is 0 Å². The summed E-state index contributed by atoms with van der Waals surface area (Å²) in [5, 5.41) is 5.74. The van der Waals surface area contributed by atoms with Gasteiger partial charge >= 0.3 is 0 Å². The summed E-state index contributed by atoms with van der Waals surface area (Å²) in [6.45, 7) is 0. The smallest absolute Gasteiger partial charge is 0.159 e. The molecule has 1 aromatic heterocycles. The molecule has 1 atom stereocenters. The molecular weight excluding hydrogens is 685 g/mol. The lowest BCUT2D eigenvalue weighted by Gasteiger charge is -2.27. The van der Waals surface area contributed by atoms with Crippen LogP contribution in [0.4, 0.5) is 17.1 Å². The second-order valence-corrected chi connectivity index (χ2v) is 13.8. The van der Waals surface area contributed by atoms with Crippen molar-refractivity contribution in [3.8, 4) is 22.3 Å². The molecule has 1 aliphatic heterocycles. The predicted octanol–water partition coefficient (Wildman–Crippen LogP) is 12.9. The van der Waals surface area contributed by atoms with Crippen LogP contribution >= 0.6 is 0 Å². The van der Waals surface area contributed by atoms with Gasteiger partial charge in [-0.15, -0.1) is 0 Å². The van der Waals surface area contributed by atoms with E-state index in [1.54, 1.807) is 0 Å². The van der Waals surface area contributed by atoms with Gasteiger partial charge in [-0.05, 0) is 70.8 Å². The Hall–Kier alpha value is -7.50. The largest absolute Gasteiger partial charge is 0.455 e. The van der Waals surface area contributed by atoms with E-state index in [1.807, 2.05) is 48.5 Å². The molecule has 9 aromatic rings. The first kappa shape index (κ1) is 33.1. The van der Waals surface area contributed by atoms with E-state index in [0.717, 1.165) is 72.7 Å². The summed E-state index contributed by atoms with van der Waals surface area (Å²) < 4.78 is 6.82. The average molecular weight is 721 g/mol. The molecule has 10 rings (SSSR count). The molecule has 0 spiro atoms. The van der Waals surface area contributed by atoms with Gasteiger partial charge in [-0.1, -0.05) is 158 Å². The van der Waals surface area contributed by atoms with Crippen molar-refractivity contribution in [3.63, 3.8) is 0 Å². The first-order chi connectivity index (χ1) is 27.8. The van der Waals surface area contributed by atoms with Crippen molar-refractivity contribution in [1.29, 1.82) is 0 Å². The number of hydrogen-bond donors (Lipinski definition) is 1. The molecule has 0 fully saturated rings. The fourth-order valence-corrected chi connectivity index (χ4v) is 7.61. The van der Waals surface area contributed by atoms with Crippen LogP contribution in [-0.4, -0.2) is 11.7 Å². The minimum absolute atomic E-state index is 0.283. The summed E-state index contributed by atoms with van der Waals surface area (Å²) in [7, 11) is 0. The zero-order chi connectivity index (χ0) is 37.3. The zero-order valence-corrected chi connectivity index (χ0v) is 30.5. The summed E-state index contributed by atoms with van der Waals surface area (Å²) in [6.07, 6.45) is -0.283. The standard InChI is InChI=1S/C51H36N4O/c1-5-16-35(17-6-1)36-28-30-42(31-29-36)55(41-24-11-4-12-25-41)45-33-32-43(48-47(45)44-26-13-14-27-46(44)56-48)39-22-15-23-40(34-39)51-53-49(37-18-7-2-8-19-37)52-50(54-51)38-20-9-3-10-21-38/h1-34,49H,(H,52,53,54). The zero-order valence-electron chi connectivity index (χ0n) is 30.5. The first-order valence-electron chi connectivity index (χ1n) is 18.9. The van der Waals surface area contributed by atoms with Gasteiger partial charge in [0.2, 0.25) is 0 Å². The van der Waals surface area contributed by atoms with Gasteiger partial charge < -0.3 is 14.6 Å². The highest BCUT2D eigenvalue weighted by molar-refractivity contribution is 6.18. The van der Waals surface area contributed by atoms with Gasteiger partial charge in [0, 0.05) is 33.5 Å². The quantitative estimate of drug-likeness (QED) is 0.170. The summed E-state index contributed by atoms with van der Waals surface area (Å²) >= 11 is 0. The second-order valence-electron chi connectivity index (χ2n) is 13.8. The number of para-hydroxylation sites is 2. The molecule has 0 saturated heterocycles. The molecule has 0 amide bonds. The van der Waals surface area contributed by atoms with Crippen molar-refractivity contribution < 1.29 is 4.42 Å². The highest BCUT2D eigenvalue weighted by Gasteiger charge is 2.24. The van der Waals surface area contributed by atoms with Crippen LogP contribution in [0.2, 0.25) is 0 Å². The average Bonchev–Trinajstić information content (AvgIpc) is 3.68. The predicted molar refractivity (Wildman–Crippen MR) is 231 cm³/mol. The van der Waals surface area contributed by atoms with Crippen molar-refractivity contribution in [2.24, 2.45) is 9.98 Å². The van der Waals surface area contributed by atoms with Gasteiger partial charge in [0.1, 0.15) is 23.2 Å². The van der Waals surface area contributed by atoms with Gasteiger partial charge in [0.05, 0.1) is 11.1 Å². The number of hydrogen-bond acceptors (Lipinski definition) is 5. The van der Waals surface area contributed by atoms with Gasteiger partial charge in [0.25, 0.3) is 0 Å². The molecule has 1 N–H and O–H groups in total. The first-order valence-corrected chi connectivity index (χ1v) is 18.9. The minimum atomic E-state index is -0.283. The maximum atomic E-state index is 6.82. The highest BCUT2D eigenvalue weighted by Crippen LogP contribution is 2.46. The Morgan fingerprint density at radius 3 is 1.82 bits per heavy atom. The number of amidine groups is 2. The minimum Gasteiger partial charge on any atom is -0.455 e. The number of nitrogens with zero attached hydrogens (tertiary/aromatic N) is 3. The Labute approximate surface area is 325 Å². The van der Waals surface area contributed by atoms with E-state index in [0.29, 0.717) is 5.84 Å². The monoisotopic (exact) mass is 720 g/mol. The lowest BCUT2D eigenvalue weighted by Crippen LogP contribution is -2.33. The summed E-state index contributed by atoms with van der Waals surface area (Å²) in [5.74, 6) is 1.46. The normalized spacial score (nSPS) is 13.9. The molecule has 0 aliphatic carbocycles. The van der Waals surface area contributed by atoms with Crippen molar-refractivity contribution in [1.82, 2.24) is 5.32 Å². The Kier molecular flexibility index (Phi) is 8.50. The lowest BCUT2D eigenvalue weighted by molar-refractivity contribution is 0.670. The van der Waals surface area contributed by atoms with Crippen LogP contribution in [0.15, 0.2) is 221 Å². The molecule has 8 aromatic carbocycles. The van der Waals surface area contributed by atoms with E-state index in [2.05, 4.69) is 168 Å². The maximum absolute atomic E-state index is 6.82. The molecule has 2 heterocycles. The molecule has 5 heteroatoms. The fourth-order valence-electron chi connectivity index (χ4n) is 7.61. The van der Waals surface area contributed by atoms with Crippen LogP contribution in [0.25, 0.3) is 44.2 Å². The number of benzene rings is 8. The third kappa shape index (κ3) is 6.21. The third-order valence-corrected chi connectivity index (χ3v) is 10.3. The molecule has 1 aliphatic rings. The van der Waals surface area contributed by atoms with Crippen LogP contribution in [-0.2, 0) is 0 Å². The van der Waals surface area contributed by atoms with Crippen LogP contribution in [0.1, 0.15) is 22.9 Å². The molecule has 0 radical (unpaired) electrons. The van der Waals surface area contributed by atoms with Gasteiger partial charge in [-0.25, -0.2) is 9.98 Å². The molecule has 0 saturated carbocycles. The van der Waals surface area contributed by atoms with Crippen LogP contribution in [0, 0.1) is 0 Å². The van der Waals surface area contributed by atoms with E-state index in [4.69, 9.17) is 14.4 Å². The van der Waals surface area contributed by atoms with Gasteiger partial charge in [-0.2, -0.15) is 0 Å². The number of aliphatic imine (C=N–C) groups is 2. The van der Waals surface area contributed by atoms with Crippen molar-refractivity contribution in [2.45, 2.75) is 6.17 Å². The Morgan fingerprint density at radius 2 is 1.07 bits per heavy atom. The molecule has 0 bridgehead atoms. The SMILES string of the molecule is c1ccc(C2=NC(c3ccccc3)NC(c3cccc(-c4ccc(N(c5ccccc5)c5ccc(-c6ccccc6)cc5)c5c4oc4ccccc45)c3)=N2)cc1. The summed E-state index contributed by atoms with van der Waals surface area (Å²) in [4.78, 5) is 12.5. The Bertz CT molecular complexity index is 2870. The van der Waals surface area contributed by atoms with Crippen molar-refractivity contribution in [3.05, 3.63) is 223 Å². The molecular formula is C51H36N4O. The molecule has 56 heavy (non-hydrogen) atoms. The maximum Gasteiger partial charge on any atom is 0.159 e. The number of fused-ring (bicyclic) bond motifs is 3. The van der Waals surface area contributed by atoms with E-state index < -0.39 is 0 Å². The number of anilines is 3. The summed E-state index contributed by atoms with van der Waals surface area (Å²) in [6, 6.07) is 71.6. The Morgan fingerprint density at radius 1 is 0.482 bits per heavy atom. The van der Waals surface area contributed by atoms with Gasteiger partial charge in [0.15, 0.2) is 5.84 Å². The summed E-state index contributed by atoms with van der Waals surface area (Å²) in [5.41, 5.74) is 12.2. The lowest BCUT2D eigenvalue weighted by atomic mass is 9.98. The highest BCUT2D eigenvalue weighted by atomic mass is 16.3.